The topological polar surface area (TPSA) is 63.4 Å². The first-order chi connectivity index (χ1) is 9.40. The largest absolute Gasteiger partial charge is 0.326 e. The van der Waals surface area contributed by atoms with E-state index in [4.69, 9.17) is 5.73 Å². The third kappa shape index (κ3) is 3.97. The second kappa shape index (κ2) is 6.47. The van der Waals surface area contributed by atoms with Crippen LogP contribution >= 0.6 is 11.8 Å². The van der Waals surface area contributed by atoms with Gasteiger partial charge in [0.1, 0.15) is 0 Å². The van der Waals surface area contributed by atoms with Crippen LogP contribution in [0.3, 0.4) is 0 Å². The third-order valence-corrected chi connectivity index (χ3v) is 6.40. The average molecular weight is 314 g/mol. The number of rotatable bonds is 4. The maximum atomic E-state index is 12.5. The normalized spacial score (nSPS) is 24.8. The number of hydrogen-bond donors (Lipinski definition) is 1. The summed E-state index contributed by atoms with van der Waals surface area (Å²) >= 11 is 1.85. The Balaban J connectivity index is 2.09. The van der Waals surface area contributed by atoms with Gasteiger partial charge in [-0.3, -0.25) is 0 Å². The van der Waals surface area contributed by atoms with Crippen molar-refractivity contribution in [1.29, 1.82) is 0 Å². The predicted molar refractivity (Wildman–Crippen MR) is 85.0 cm³/mol. The molecule has 0 amide bonds. The van der Waals surface area contributed by atoms with Crippen LogP contribution in [-0.4, -0.2) is 36.3 Å². The van der Waals surface area contributed by atoms with Gasteiger partial charge in [0.25, 0.3) is 0 Å². The van der Waals surface area contributed by atoms with Crippen molar-refractivity contribution in [1.82, 2.24) is 4.31 Å². The zero-order chi connectivity index (χ0) is 14.8. The van der Waals surface area contributed by atoms with Crippen LogP contribution in [0.5, 0.6) is 0 Å². The highest BCUT2D eigenvalue weighted by Gasteiger charge is 2.30. The Labute approximate surface area is 125 Å². The van der Waals surface area contributed by atoms with Gasteiger partial charge in [-0.05, 0) is 11.1 Å². The molecule has 1 aromatic rings. The van der Waals surface area contributed by atoms with Gasteiger partial charge >= 0.3 is 0 Å². The summed E-state index contributed by atoms with van der Waals surface area (Å²) in [6.07, 6.45) is 0. The molecular weight excluding hydrogens is 292 g/mol. The minimum absolute atomic E-state index is 0.0714. The number of sulfonamides is 1. The molecule has 0 saturated carbocycles. The maximum Gasteiger partial charge on any atom is 0.218 e. The van der Waals surface area contributed by atoms with Crippen molar-refractivity contribution in [2.45, 2.75) is 36.6 Å². The van der Waals surface area contributed by atoms with Crippen molar-refractivity contribution in [2.75, 3.05) is 13.1 Å². The Morgan fingerprint density at radius 2 is 1.65 bits per heavy atom. The second-order valence-corrected chi connectivity index (χ2v) is 9.20. The van der Waals surface area contributed by atoms with E-state index in [0.717, 1.165) is 11.1 Å². The molecule has 20 heavy (non-hydrogen) atoms. The summed E-state index contributed by atoms with van der Waals surface area (Å²) in [5.41, 5.74) is 7.38. The molecule has 2 atom stereocenters. The van der Waals surface area contributed by atoms with Gasteiger partial charge in [-0.25, -0.2) is 8.42 Å². The summed E-state index contributed by atoms with van der Waals surface area (Å²) in [5.74, 6) is 0.0714. The molecule has 6 heteroatoms. The SMILES string of the molecule is CC1CN(S(=O)(=O)Cc2ccc(CN)cc2)CC(C)S1. The van der Waals surface area contributed by atoms with Crippen molar-refractivity contribution in [3.63, 3.8) is 0 Å². The van der Waals surface area contributed by atoms with Gasteiger partial charge in [-0.2, -0.15) is 16.1 Å². The fourth-order valence-electron chi connectivity index (χ4n) is 2.43. The monoisotopic (exact) mass is 314 g/mol. The van der Waals surface area contributed by atoms with Gasteiger partial charge in [0, 0.05) is 30.1 Å². The fraction of sp³-hybridized carbons (Fsp3) is 0.571. The van der Waals surface area contributed by atoms with E-state index in [9.17, 15) is 8.42 Å². The van der Waals surface area contributed by atoms with Gasteiger partial charge < -0.3 is 5.73 Å². The lowest BCUT2D eigenvalue weighted by Gasteiger charge is -2.33. The van der Waals surface area contributed by atoms with Crippen LogP contribution in [0.15, 0.2) is 24.3 Å². The number of nitrogens with two attached hydrogens (primary N) is 1. The van der Waals surface area contributed by atoms with E-state index < -0.39 is 10.0 Å². The highest BCUT2D eigenvalue weighted by atomic mass is 32.2. The summed E-state index contributed by atoms with van der Waals surface area (Å²) in [4.78, 5) is 0. The van der Waals surface area contributed by atoms with Crippen LogP contribution in [0, 0.1) is 0 Å². The zero-order valence-corrected chi connectivity index (χ0v) is 13.6. The molecule has 0 radical (unpaired) electrons. The van der Waals surface area contributed by atoms with E-state index in [-0.39, 0.29) is 5.75 Å². The predicted octanol–water partition coefficient (Wildman–Crippen LogP) is 1.80. The van der Waals surface area contributed by atoms with Gasteiger partial charge in [-0.15, -0.1) is 0 Å². The minimum atomic E-state index is -3.23. The molecule has 1 saturated heterocycles. The van der Waals surface area contributed by atoms with Crippen LogP contribution in [0.25, 0.3) is 0 Å². The Bertz CT molecular complexity index is 533. The van der Waals surface area contributed by atoms with Gasteiger partial charge in [-0.1, -0.05) is 38.1 Å². The molecule has 1 aromatic carbocycles. The van der Waals surface area contributed by atoms with Crippen LogP contribution in [0.2, 0.25) is 0 Å². The number of thioether (sulfide) groups is 1. The molecule has 0 bridgehead atoms. The quantitative estimate of drug-likeness (QED) is 0.920. The first kappa shape index (κ1) is 15.8. The molecular formula is C14H22N2O2S2. The van der Waals surface area contributed by atoms with Gasteiger partial charge in [0.15, 0.2) is 0 Å². The molecule has 0 spiro atoms. The highest BCUT2D eigenvalue weighted by Crippen LogP contribution is 2.27. The molecule has 112 valence electrons. The van der Waals surface area contributed by atoms with Crippen molar-refractivity contribution in [3.8, 4) is 0 Å². The molecule has 0 aliphatic carbocycles. The minimum Gasteiger partial charge on any atom is -0.326 e. The van der Waals surface area contributed by atoms with Crippen molar-refractivity contribution in [2.24, 2.45) is 5.73 Å². The van der Waals surface area contributed by atoms with Crippen LogP contribution in [0.1, 0.15) is 25.0 Å². The van der Waals surface area contributed by atoms with Crippen LogP contribution < -0.4 is 5.73 Å². The van der Waals surface area contributed by atoms with Crippen LogP contribution in [0.4, 0.5) is 0 Å². The number of nitrogens with zero attached hydrogens (tertiary/aromatic N) is 1. The van der Waals surface area contributed by atoms with E-state index in [0.29, 0.717) is 30.1 Å². The van der Waals surface area contributed by atoms with E-state index in [1.54, 1.807) is 4.31 Å². The molecule has 2 N–H and O–H groups in total. The lowest BCUT2D eigenvalue weighted by molar-refractivity contribution is 0.404. The summed E-state index contributed by atoms with van der Waals surface area (Å²) < 4.78 is 26.6. The maximum absolute atomic E-state index is 12.5. The summed E-state index contributed by atoms with van der Waals surface area (Å²) in [7, 11) is -3.23. The Morgan fingerprint density at radius 3 is 2.15 bits per heavy atom. The van der Waals surface area contributed by atoms with E-state index in [1.807, 2.05) is 36.0 Å². The lowest BCUT2D eigenvalue weighted by Crippen LogP contribution is -2.44. The third-order valence-electron chi connectivity index (χ3n) is 3.39. The highest BCUT2D eigenvalue weighted by molar-refractivity contribution is 8.00. The molecule has 2 unspecified atom stereocenters. The molecule has 0 aromatic heterocycles. The average Bonchev–Trinajstić information content (AvgIpc) is 2.38. The Kier molecular flexibility index (Phi) is 5.12. The molecule has 4 nitrogen and oxygen atoms in total. The van der Waals surface area contributed by atoms with Crippen LogP contribution in [-0.2, 0) is 22.3 Å². The molecule has 1 aliphatic rings. The molecule has 1 fully saturated rings. The van der Waals surface area contributed by atoms with E-state index in [1.165, 1.54) is 0 Å². The first-order valence-electron chi connectivity index (χ1n) is 6.82. The smallest absolute Gasteiger partial charge is 0.218 e. The second-order valence-electron chi connectivity index (χ2n) is 5.35. The Morgan fingerprint density at radius 1 is 1.15 bits per heavy atom. The molecule has 2 rings (SSSR count). The number of benzene rings is 1. The van der Waals surface area contributed by atoms with E-state index >= 15 is 0 Å². The standard InChI is InChI=1S/C14H22N2O2S2/c1-11-8-16(9-12(2)19-11)20(17,18)10-14-5-3-13(7-15)4-6-14/h3-6,11-12H,7-10,15H2,1-2H3. The lowest BCUT2D eigenvalue weighted by atomic mass is 10.1. The van der Waals surface area contributed by atoms with Gasteiger partial charge in [0.2, 0.25) is 10.0 Å². The van der Waals surface area contributed by atoms with Gasteiger partial charge in [0.05, 0.1) is 5.75 Å². The summed E-state index contributed by atoms with van der Waals surface area (Å²) in [6.45, 7) is 5.86. The van der Waals surface area contributed by atoms with Crippen molar-refractivity contribution < 1.29 is 8.42 Å². The van der Waals surface area contributed by atoms with Crippen molar-refractivity contribution >= 4 is 21.8 Å². The zero-order valence-electron chi connectivity index (χ0n) is 12.0. The fourth-order valence-corrected chi connectivity index (χ4v) is 5.64. The number of hydrogen-bond acceptors (Lipinski definition) is 4. The summed E-state index contributed by atoms with van der Waals surface area (Å²) in [5, 5.41) is 0.710. The first-order valence-corrected chi connectivity index (χ1v) is 9.37. The molecule has 1 aliphatic heterocycles. The Hall–Kier alpha value is -0.560. The van der Waals surface area contributed by atoms with E-state index in [2.05, 4.69) is 13.8 Å². The molecule has 1 heterocycles. The van der Waals surface area contributed by atoms with Crippen molar-refractivity contribution in [3.05, 3.63) is 35.4 Å². The summed E-state index contributed by atoms with van der Waals surface area (Å²) in [6, 6.07) is 7.49.